The molecular formula is C24H29ClO6. The van der Waals surface area contributed by atoms with Gasteiger partial charge in [0.15, 0.2) is 0 Å². The summed E-state index contributed by atoms with van der Waals surface area (Å²) in [5, 5.41) is 31.5. The second-order valence-electron chi connectivity index (χ2n) is 8.34. The monoisotopic (exact) mass is 448 g/mol. The van der Waals surface area contributed by atoms with Crippen molar-refractivity contribution < 1.29 is 29.5 Å². The molecule has 0 saturated carbocycles. The number of hydrogen-bond acceptors (Lipinski definition) is 6. The quantitative estimate of drug-likeness (QED) is 0.651. The van der Waals surface area contributed by atoms with Gasteiger partial charge in [-0.15, -0.1) is 0 Å². The highest BCUT2D eigenvalue weighted by molar-refractivity contribution is 6.33. The molecule has 2 aromatic carbocycles. The van der Waals surface area contributed by atoms with E-state index in [-0.39, 0.29) is 6.61 Å². The first-order chi connectivity index (χ1) is 14.9. The van der Waals surface area contributed by atoms with Crippen LogP contribution in [0.1, 0.15) is 41.7 Å². The highest BCUT2D eigenvalue weighted by atomic mass is 35.5. The Morgan fingerprint density at radius 3 is 2.58 bits per heavy atom. The first kappa shape index (κ1) is 22.4. The van der Waals surface area contributed by atoms with Crippen LogP contribution in [0.3, 0.4) is 0 Å². The lowest BCUT2D eigenvalue weighted by molar-refractivity contribution is -0.208. The lowest BCUT2D eigenvalue weighted by Gasteiger charge is -2.42. The SMILES string of the molecule is COc1ccc(Cc2cc([C@@H]3O[C@H](CO)[C@@H](O)[C@H](C)[C@H]3O)c3c(c2Cl)OCCC3)cc1. The minimum Gasteiger partial charge on any atom is -0.497 e. The second kappa shape index (κ2) is 9.35. The average Bonchev–Trinajstić information content (AvgIpc) is 2.80. The Morgan fingerprint density at radius 1 is 1.16 bits per heavy atom. The van der Waals surface area contributed by atoms with Crippen LogP contribution in [0.25, 0.3) is 0 Å². The molecule has 0 aromatic heterocycles. The van der Waals surface area contributed by atoms with E-state index in [0.717, 1.165) is 40.8 Å². The summed E-state index contributed by atoms with van der Waals surface area (Å²) in [6.45, 7) is 2.03. The molecule has 0 aliphatic carbocycles. The predicted molar refractivity (Wildman–Crippen MR) is 117 cm³/mol. The molecule has 2 aliphatic heterocycles. The predicted octanol–water partition coefficient (Wildman–Crippen LogP) is 3.05. The Balaban J connectivity index is 1.75. The maximum absolute atomic E-state index is 10.9. The molecule has 168 valence electrons. The van der Waals surface area contributed by atoms with Crippen molar-refractivity contribution in [3.8, 4) is 11.5 Å². The average molecular weight is 449 g/mol. The third kappa shape index (κ3) is 4.28. The molecule has 0 bridgehead atoms. The number of ether oxygens (including phenoxy) is 3. The molecule has 1 saturated heterocycles. The Labute approximate surface area is 187 Å². The van der Waals surface area contributed by atoms with Gasteiger partial charge in [0.2, 0.25) is 0 Å². The Bertz CT molecular complexity index is 913. The molecule has 2 heterocycles. The summed E-state index contributed by atoms with van der Waals surface area (Å²) in [6, 6.07) is 9.76. The molecule has 3 N–H and O–H groups in total. The van der Waals surface area contributed by atoms with E-state index in [9.17, 15) is 15.3 Å². The van der Waals surface area contributed by atoms with E-state index in [4.69, 9.17) is 25.8 Å². The molecule has 2 aromatic rings. The number of aliphatic hydroxyl groups excluding tert-OH is 3. The van der Waals surface area contributed by atoms with Crippen LogP contribution in [-0.4, -0.2) is 54.0 Å². The number of aliphatic hydroxyl groups is 3. The van der Waals surface area contributed by atoms with Gasteiger partial charge in [-0.1, -0.05) is 36.7 Å². The molecule has 0 spiro atoms. The Kier molecular flexibility index (Phi) is 6.74. The number of methoxy groups -OCH3 is 1. The molecule has 5 atom stereocenters. The minimum atomic E-state index is -0.936. The fourth-order valence-electron chi connectivity index (χ4n) is 4.50. The lowest BCUT2D eigenvalue weighted by atomic mass is 9.82. The summed E-state index contributed by atoms with van der Waals surface area (Å²) in [4.78, 5) is 0. The zero-order valence-corrected chi connectivity index (χ0v) is 18.5. The van der Waals surface area contributed by atoms with Crippen LogP contribution in [0.15, 0.2) is 30.3 Å². The molecule has 31 heavy (non-hydrogen) atoms. The molecule has 7 heteroatoms. The second-order valence-corrected chi connectivity index (χ2v) is 8.72. The zero-order valence-electron chi connectivity index (χ0n) is 17.8. The third-order valence-corrected chi connectivity index (χ3v) is 6.80. The van der Waals surface area contributed by atoms with E-state index >= 15 is 0 Å². The highest BCUT2D eigenvalue weighted by Gasteiger charge is 2.43. The van der Waals surface area contributed by atoms with Crippen LogP contribution in [0.5, 0.6) is 11.5 Å². The molecular weight excluding hydrogens is 420 g/mol. The topological polar surface area (TPSA) is 88.4 Å². The van der Waals surface area contributed by atoms with Crippen molar-refractivity contribution in [1.82, 2.24) is 0 Å². The van der Waals surface area contributed by atoms with Crippen molar-refractivity contribution in [3.63, 3.8) is 0 Å². The van der Waals surface area contributed by atoms with Gasteiger partial charge in [0.1, 0.15) is 23.7 Å². The Hall–Kier alpha value is -1.83. The van der Waals surface area contributed by atoms with Crippen LogP contribution in [0.4, 0.5) is 0 Å². The molecule has 0 amide bonds. The van der Waals surface area contributed by atoms with Gasteiger partial charge in [-0.25, -0.2) is 0 Å². The lowest BCUT2D eigenvalue weighted by Crippen LogP contribution is -2.51. The van der Waals surface area contributed by atoms with E-state index in [1.165, 1.54) is 0 Å². The van der Waals surface area contributed by atoms with Crippen LogP contribution in [-0.2, 0) is 17.6 Å². The Morgan fingerprint density at radius 2 is 1.90 bits per heavy atom. The summed E-state index contributed by atoms with van der Waals surface area (Å²) in [5.74, 6) is 0.978. The molecule has 6 nitrogen and oxygen atoms in total. The minimum absolute atomic E-state index is 0.320. The normalized spacial score (nSPS) is 28.0. The number of fused-ring (bicyclic) bond motifs is 1. The van der Waals surface area contributed by atoms with E-state index in [1.807, 2.05) is 30.3 Å². The van der Waals surface area contributed by atoms with Gasteiger partial charge in [-0.05, 0) is 48.1 Å². The molecule has 4 rings (SSSR count). The first-order valence-corrected chi connectivity index (χ1v) is 11.0. The van der Waals surface area contributed by atoms with Gasteiger partial charge in [-0.3, -0.25) is 0 Å². The maximum atomic E-state index is 10.9. The molecule has 0 unspecified atom stereocenters. The van der Waals surface area contributed by atoms with Crippen LogP contribution < -0.4 is 9.47 Å². The third-order valence-electron chi connectivity index (χ3n) is 6.38. The first-order valence-electron chi connectivity index (χ1n) is 10.7. The molecule has 0 radical (unpaired) electrons. The van der Waals surface area contributed by atoms with E-state index < -0.39 is 30.3 Å². The zero-order chi connectivity index (χ0) is 22.1. The fraction of sp³-hybridized carbons (Fsp3) is 0.500. The van der Waals surface area contributed by atoms with Crippen molar-refractivity contribution in [2.45, 2.75) is 50.6 Å². The largest absolute Gasteiger partial charge is 0.497 e. The van der Waals surface area contributed by atoms with Crippen LogP contribution >= 0.6 is 11.6 Å². The summed E-state index contributed by atoms with van der Waals surface area (Å²) >= 11 is 6.76. The van der Waals surface area contributed by atoms with E-state index in [0.29, 0.717) is 23.8 Å². The number of rotatable bonds is 5. The number of benzene rings is 2. The maximum Gasteiger partial charge on any atom is 0.141 e. The van der Waals surface area contributed by atoms with Crippen LogP contribution in [0.2, 0.25) is 5.02 Å². The fourth-order valence-corrected chi connectivity index (χ4v) is 4.79. The highest BCUT2D eigenvalue weighted by Crippen LogP contribution is 2.45. The summed E-state index contributed by atoms with van der Waals surface area (Å²) in [6.07, 6.45) is -1.11. The van der Waals surface area contributed by atoms with Crippen molar-refractivity contribution in [2.75, 3.05) is 20.3 Å². The van der Waals surface area contributed by atoms with Gasteiger partial charge in [-0.2, -0.15) is 0 Å². The van der Waals surface area contributed by atoms with E-state index in [1.54, 1.807) is 14.0 Å². The van der Waals surface area contributed by atoms with Crippen molar-refractivity contribution in [3.05, 3.63) is 57.6 Å². The molecule has 1 fully saturated rings. The van der Waals surface area contributed by atoms with Crippen molar-refractivity contribution in [2.24, 2.45) is 5.92 Å². The standard InChI is InChI=1S/C24H29ClO6/c1-13-21(27)19(12-26)31-24(22(13)28)18-11-15(10-14-5-7-16(29-2)8-6-14)20(25)23-17(18)4-3-9-30-23/h5-8,11,13,19,21-22,24,26-28H,3-4,9-10,12H2,1-2H3/t13-,19+,21-,22+,24-/m0/s1. The summed E-state index contributed by atoms with van der Waals surface area (Å²) in [7, 11) is 1.63. The van der Waals surface area contributed by atoms with Gasteiger partial charge < -0.3 is 29.5 Å². The molecule has 2 aliphatic rings. The smallest absolute Gasteiger partial charge is 0.141 e. The van der Waals surface area contributed by atoms with E-state index in [2.05, 4.69) is 0 Å². The summed E-state index contributed by atoms with van der Waals surface area (Å²) < 4.78 is 17.2. The van der Waals surface area contributed by atoms with Gasteiger partial charge in [0.05, 0.1) is 37.6 Å². The van der Waals surface area contributed by atoms with Gasteiger partial charge in [0.25, 0.3) is 0 Å². The van der Waals surface area contributed by atoms with Crippen molar-refractivity contribution >= 4 is 11.6 Å². The van der Waals surface area contributed by atoms with Gasteiger partial charge in [0, 0.05) is 11.5 Å². The van der Waals surface area contributed by atoms with Crippen molar-refractivity contribution in [1.29, 1.82) is 0 Å². The van der Waals surface area contributed by atoms with Gasteiger partial charge >= 0.3 is 0 Å². The summed E-state index contributed by atoms with van der Waals surface area (Å²) in [5.41, 5.74) is 3.68. The van der Waals surface area contributed by atoms with Crippen LogP contribution in [0, 0.1) is 5.92 Å². The number of hydrogen-bond donors (Lipinski definition) is 3. The number of halogens is 1.